The fourth-order valence-electron chi connectivity index (χ4n) is 2.76. The lowest BCUT2D eigenvalue weighted by atomic mass is 10.1. The van der Waals surface area contributed by atoms with E-state index in [2.05, 4.69) is 15.0 Å². The smallest absolute Gasteiger partial charge is 0.318 e. The number of thiophene rings is 1. The average Bonchev–Trinajstić information content (AvgIpc) is 3.29. The summed E-state index contributed by atoms with van der Waals surface area (Å²) in [5, 5.41) is 1.11. The van der Waals surface area contributed by atoms with Crippen LogP contribution in [0.4, 0.5) is 5.69 Å². The van der Waals surface area contributed by atoms with Crippen molar-refractivity contribution < 1.29 is 9.53 Å². The highest BCUT2D eigenvalue weighted by molar-refractivity contribution is 7.21. The van der Waals surface area contributed by atoms with Crippen LogP contribution in [-0.4, -0.2) is 32.0 Å². The van der Waals surface area contributed by atoms with Gasteiger partial charge in [-0.25, -0.2) is 4.98 Å². The summed E-state index contributed by atoms with van der Waals surface area (Å²) in [5.41, 5.74) is 13.1. The Balaban J connectivity index is 1.78. The molecule has 28 heavy (non-hydrogen) atoms. The molecule has 1 aromatic carbocycles. The van der Waals surface area contributed by atoms with Crippen LogP contribution >= 0.6 is 22.9 Å². The number of nitrogen functional groups attached to an aromatic ring is 1. The highest BCUT2D eigenvalue weighted by atomic mass is 35.5. The molecule has 0 fully saturated rings. The van der Waals surface area contributed by atoms with Gasteiger partial charge in [-0.1, -0.05) is 23.7 Å². The molecule has 0 bridgehead atoms. The zero-order valence-corrected chi connectivity index (χ0v) is 16.1. The number of rotatable bonds is 6. The van der Waals surface area contributed by atoms with Crippen LogP contribution in [0.2, 0.25) is 5.02 Å². The zero-order valence-electron chi connectivity index (χ0n) is 14.5. The van der Waals surface area contributed by atoms with E-state index in [1.165, 1.54) is 0 Å². The number of carbonyl (C=O) groups excluding carboxylic acids is 1. The third kappa shape index (κ3) is 3.49. The number of amides is 1. The van der Waals surface area contributed by atoms with E-state index in [4.69, 9.17) is 27.8 Å². The average molecular weight is 415 g/mol. The first-order valence-corrected chi connectivity index (χ1v) is 9.46. The van der Waals surface area contributed by atoms with Gasteiger partial charge < -0.3 is 20.8 Å². The van der Waals surface area contributed by atoms with E-state index in [9.17, 15) is 4.79 Å². The van der Waals surface area contributed by atoms with Gasteiger partial charge in [0.1, 0.15) is 16.3 Å². The summed E-state index contributed by atoms with van der Waals surface area (Å²) >= 11 is 7.25. The molecule has 0 aliphatic rings. The molecule has 0 aliphatic carbocycles. The summed E-state index contributed by atoms with van der Waals surface area (Å²) in [5.74, 6) is -0.611. The van der Waals surface area contributed by atoms with Crippen molar-refractivity contribution in [3.63, 3.8) is 0 Å². The van der Waals surface area contributed by atoms with Gasteiger partial charge in [0.25, 0.3) is 5.91 Å². The monoisotopic (exact) mass is 414 g/mol. The highest BCUT2D eigenvalue weighted by Crippen LogP contribution is 2.39. The molecule has 0 aliphatic heterocycles. The molecule has 4 N–H and O–H groups in total. The van der Waals surface area contributed by atoms with Gasteiger partial charge in [-0.3, -0.25) is 4.79 Å². The van der Waals surface area contributed by atoms with Crippen molar-refractivity contribution in [2.24, 2.45) is 5.73 Å². The number of aromatic nitrogens is 4. The van der Waals surface area contributed by atoms with Crippen molar-refractivity contribution >= 4 is 44.7 Å². The van der Waals surface area contributed by atoms with E-state index in [1.54, 1.807) is 24.7 Å². The standard InChI is InChI=1S/C18H15ClN6O2S/c19-11-3-1-2-10(8-11)14-12-13(20)15(16(21)26)28-17(12)24-18(23-14)27-7-6-25-5-4-22-9-25/h1-5,8-9H,6-7,20H2,(H2,21,26). The lowest BCUT2D eigenvalue weighted by molar-refractivity contribution is 0.100. The molecule has 0 unspecified atom stereocenters. The van der Waals surface area contributed by atoms with Crippen LogP contribution < -0.4 is 16.2 Å². The number of ether oxygens (including phenoxy) is 1. The summed E-state index contributed by atoms with van der Waals surface area (Å²) in [6.07, 6.45) is 5.23. The number of nitrogens with zero attached hydrogens (tertiary/aromatic N) is 4. The molecule has 0 radical (unpaired) electrons. The second-order valence-corrected chi connectivity index (χ2v) is 7.34. The molecule has 4 rings (SSSR count). The number of carbonyl (C=O) groups is 1. The lowest BCUT2D eigenvalue weighted by Gasteiger charge is -2.09. The SMILES string of the molecule is NC(=O)c1sc2nc(OCCn3ccnc3)nc(-c3cccc(Cl)c3)c2c1N. The minimum absolute atomic E-state index is 0.180. The Morgan fingerprint density at radius 1 is 1.32 bits per heavy atom. The maximum absolute atomic E-state index is 11.7. The van der Waals surface area contributed by atoms with Crippen LogP contribution in [0, 0.1) is 0 Å². The van der Waals surface area contributed by atoms with Crippen molar-refractivity contribution in [2.75, 3.05) is 12.3 Å². The number of benzene rings is 1. The largest absolute Gasteiger partial charge is 0.462 e. The Bertz CT molecular complexity index is 1160. The Labute approximate surface area is 168 Å². The van der Waals surface area contributed by atoms with Crippen molar-refractivity contribution in [1.82, 2.24) is 19.5 Å². The number of anilines is 1. The molecule has 0 atom stereocenters. The van der Waals surface area contributed by atoms with Gasteiger partial charge in [-0.05, 0) is 12.1 Å². The molecule has 3 aromatic heterocycles. The Morgan fingerprint density at radius 3 is 2.89 bits per heavy atom. The van der Waals surface area contributed by atoms with Crippen molar-refractivity contribution in [3.05, 3.63) is 52.9 Å². The molecule has 0 saturated carbocycles. The third-order valence-electron chi connectivity index (χ3n) is 4.03. The minimum Gasteiger partial charge on any atom is -0.462 e. The number of hydrogen-bond donors (Lipinski definition) is 2. The maximum atomic E-state index is 11.7. The van der Waals surface area contributed by atoms with E-state index in [-0.39, 0.29) is 16.6 Å². The third-order valence-corrected chi connectivity index (χ3v) is 5.38. The predicted octanol–water partition coefficient (Wildman–Crippen LogP) is 2.97. The fraction of sp³-hybridized carbons (Fsp3) is 0.111. The Morgan fingerprint density at radius 2 is 2.18 bits per heavy atom. The van der Waals surface area contributed by atoms with Gasteiger partial charge in [0.15, 0.2) is 0 Å². The van der Waals surface area contributed by atoms with Crippen LogP contribution in [0.3, 0.4) is 0 Å². The first-order chi connectivity index (χ1) is 13.5. The molecule has 3 heterocycles. The first kappa shape index (κ1) is 18.2. The van der Waals surface area contributed by atoms with Gasteiger partial charge in [0.05, 0.1) is 29.6 Å². The summed E-state index contributed by atoms with van der Waals surface area (Å²) in [6, 6.07) is 7.37. The predicted molar refractivity (Wildman–Crippen MR) is 109 cm³/mol. The fourth-order valence-corrected chi connectivity index (χ4v) is 3.88. The quantitative estimate of drug-likeness (QED) is 0.500. The maximum Gasteiger partial charge on any atom is 0.318 e. The van der Waals surface area contributed by atoms with Crippen molar-refractivity contribution in [2.45, 2.75) is 6.54 Å². The highest BCUT2D eigenvalue weighted by Gasteiger charge is 2.21. The molecule has 0 saturated heterocycles. The van der Waals surface area contributed by atoms with Gasteiger partial charge in [-0.15, -0.1) is 11.3 Å². The second-order valence-electron chi connectivity index (χ2n) is 5.90. The van der Waals surface area contributed by atoms with E-state index in [0.717, 1.165) is 16.9 Å². The van der Waals surface area contributed by atoms with Gasteiger partial charge in [0.2, 0.25) is 0 Å². The van der Waals surface area contributed by atoms with E-state index in [1.807, 2.05) is 22.9 Å². The van der Waals surface area contributed by atoms with Gasteiger partial charge in [0, 0.05) is 23.0 Å². The molecular formula is C18H15ClN6O2S. The Hall–Kier alpha value is -3.17. The van der Waals surface area contributed by atoms with E-state index < -0.39 is 5.91 Å². The summed E-state index contributed by atoms with van der Waals surface area (Å²) < 4.78 is 7.61. The van der Waals surface area contributed by atoms with E-state index in [0.29, 0.717) is 34.1 Å². The second kappa shape index (κ2) is 7.45. The number of primary amides is 1. The van der Waals surface area contributed by atoms with Gasteiger partial charge >= 0.3 is 6.01 Å². The zero-order chi connectivity index (χ0) is 19.7. The lowest BCUT2D eigenvalue weighted by Crippen LogP contribution is -2.10. The van der Waals surface area contributed by atoms with Crippen LogP contribution in [0.1, 0.15) is 9.67 Å². The normalized spacial score (nSPS) is 11.0. The van der Waals surface area contributed by atoms with E-state index >= 15 is 0 Å². The molecule has 10 heteroatoms. The summed E-state index contributed by atoms with van der Waals surface area (Å²) in [7, 11) is 0. The molecule has 4 aromatic rings. The van der Waals surface area contributed by atoms with Crippen LogP contribution in [0.15, 0.2) is 43.0 Å². The summed E-state index contributed by atoms with van der Waals surface area (Å²) in [4.78, 5) is 25.4. The van der Waals surface area contributed by atoms with Crippen LogP contribution in [0.5, 0.6) is 6.01 Å². The topological polar surface area (TPSA) is 122 Å². The summed E-state index contributed by atoms with van der Waals surface area (Å²) in [6.45, 7) is 0.938. The Kier molecular flexibility index (Phi) is 4.84. The molecule has 8 nitrogen and oxygen atoms in total. The number of nitrogens with two attached hydrogens (primary N) is 2. The molecule has 142 valence electrons. The number of imidazole rings is 1. The van der Waals surface area contributed by atoms with Crippen molar-refractivity contribution in [1.29, 1.82) is 0 Å². The number of hydrogen-bond acceptors (Lipinski definition) is 7. The molecule has 1 amide bonds. The number of halogens is 1. The minimum atomic E-state index is -0.611. The molecular weight excluding hydrogens is 400 g/mol. The first-order valence-electron chi connectivity index (χ1n) is 8.27. The van der Waals surface area contributed by atoms with Crippen molar-refractivity contribution in [3.8, 4) is 17.3 Å². The van der Waals surface area contributed by atoms with Gasteiger partial charge in [-0.2, -0.15) is 9.97 Å². The van der Waals surface area contributed by atoms with Crippen LogP contribution in [-0.2, 0) is 6.54 Å². The number of fused-ring (bicyclic) bond motifs is 1. The molecule has 0 spiro atoms. The van der Waals surface area contributed by atoms with Crippen LogP contribution in [0.25, 0.3) is 21.5 Å².